The molecule has 0 fully saturated rings. The molecular formula is C14H12ClF3N6O. The minimum absolute atomic E-state index is 0.0241. The maximum Gasteiger partial charge on any atom is 0.405 e. The summed E-state index contributed by atoms with van der Waals surface area (Å²) in [6.07, 6.45) is -1.46. The summed E-state index contributed by atoms with van der Waals surface area (Å²) in [4.78, 5) is 20.0. The molecule has 0 radical (unpaired) electrons. The summed E-state index contributed by atoms with van der Waals surface area (Å²) in [7, 11) is 1.33. The smallest absolute Gasteiger partial charge is 0.404 e. The van der Waals surface area contributed by atoms with Gasteiger partial charge in [-0.2, -0.15) is 18.3 Å². The molecule has 1 amide bonds. The third kappa shape index (κ3) is 2.28. The number of aromatic nitrogens is 3. The van der Waals surface area contributed by atoms with Crippen molar-refractivity contribution in [1.82, 2.24) is 14.6 Å². The Hall–Kier alpha value is -2.62. The lowest BCUT2D eigenvalue weighted by atomic mass is 9.78. The standard InChI is InChI=1S/C14H12ClF3N6O/c1-20-4-8(3-19)13(14(16,17)18)6-23(7-25)9-5-21-11-2-10(15)22-24(11)12(9)13/h2-5,7H,6,19H2,1H3/b8-3+,20-4?. The molecule has 0 aromatic carbocycles. The molecule has 0 spiro atoms. The van der Waals surface area contributed by atoms with E-state index < -0.39 is 18.1 Å². The van der Waals surface area contributed by atoms with Gasteiger partial charge >= 0.3 is 6.18 Å². The Morgan fingerprint density at radius 3 is 2.80 bits per heavy atom. The highest BCUT2D eigenvalue weighted by Crippen LogP contribution is 2.53. The van der Waals surface area contributed by atoms with Crippen LogP contribution in [-0.2, 0) is 10.2 Å². The molecule has 1 aliphatic rings. The fourth-order valence-electron chi connectivity index (χ4n) is 3.07. The summed E-state index contributed by atoms with van der Waals surface area (Å²) in [5, 5.41) is 3.88. The van der Waals surface area contributed by atoms with Crippen LogP contribution in [0, 0.1) is 0 Å². The van der Waals surface area contributed by atoms with Crippen molar-refractivity contribution < 1.29 is 18.0 Å². The van der Waals surface area contributed by atoms with Crippen molar-refractivity contribution in [2.75, 3.05) is 18.5 Å². The first-order chi connectivity index (χ1) is 11.8. The van der Waals surface area contributed by atoms with Crippen LogP contribution in [0.2, 0.25) is 5.15 Å². The van der Waals surface area contributed by atoms with Crippen LogP contribution in [0.25, 0.3) is 5.65 Å². The Morgan fingerprint density at radius 2 is 2.24 bits per heavy atom. The van der Waals surface area contributed by atoms with Gasteiger partial charge in [-0.25, -0.2) is 9.50 Å². The molecule has 0 bridgehead atoms. The zero-order valence-corrected chi connectivity index (χ0v) is 13.6. The van der Waals surface area contributed by atoms with Crippen molar-refractivity contribution in [3.8, 4) is 0 Å². The Morgan fingerprint density at radius 1 is 1.52 bits per heavy atom. The fraction of sp³-hybridized carbons (Fsp3) is 0.286. The van der Waals surface area contributed by atoms with E-state index in [4.69, 9.17) is 17.3 Å². The van der Waals surface area contributed by atoms with Gasteiger partial charge in [-0.15, -0.1) is 0 Å². The van der Waals surface area contributed by atoms with Gasteiger partial charge in [-0.3, -0.25) is 9.79 Å². The zero-order valence-electron chi connectivity index (χ0n) is 12.8. The molecule has 0 saturated carbocycles. The van der Waals surface area contributed by atoms with E-state index in [1.165, 1.54) is 19.3 Å². The normalized spacial score (nSPS) is 21.3. The molecule has 25 heavy (non-hydrogen) atoms. The number of fused-ring (bicyclic) bond motifs is 3. The van der Waals surface area contributed by atoms with Gasteiger partial charge in [0.05, 0.1) is 24.1 Å². The van der Waals surface area contributed by atoms with Crippen LogP contribution in [-0.4, -0.2) is 47.0 Å². The molecule has 1 aliphatic heterocycles. The number of hydrogen-bond donors (Lipinski definition) is 1. The Labute approximate surface area is 144 Å². The molecule has 3 heterocycles. The zero-order chi connectivity index (χ0) is 18.4. The van der Waals surface area contributed by atoms with Crippen LogP contribution in [0.5, 0.6) is 0 Å². The van der Waals surface area contributed by atoms with Gasteiger partial charge < -0.3 is 10.6 Å². The molecule has 3 rings (SSSR count). The Balaban J connectivity index is 2.48. The van der Waals surface area contributed by atoms with Gasteiger partial charge in [0.1, 0.15) is 0 Å². The molecule has 2 aromatic heterocycles. The van der Waals surface area contributed by atoms with E-state index in [0.717, 1.165) is 21.8 Å². The lowest BCUT2D eigenvalue weighted by Gasteiger charge is -2.32. The summed E-state index contributed by atoms with van der Waals surface area (Å²) < 4.78 is 43.9. The summed E-state index contributed by atoms with van der Waals surface area (Å²) in [6, 6.07) is 1.33. The number of amides is 1. The fourth-order valence-corrected chi connectivity index (χ4v) is 3.24. The highest BCUT2D eigenvalue weighted by Gasteiger charge is 2.64. The van der Waals surface area contributed by atoms with Crippen molar-refractivity contribution in [2.24, 2.45) is 10.7 Å². The number of nitrogens with two attached hydrogens (primary N) is 1. The van der Waals surface area contributed by atoms with E-state index in [1.807, 2.05) is 0 Å². The van der Waals surface area contributed by atoms with Gasteiger partial charge in [0.25, 0.3) is 0 Å². The largest absolute Gasteiger partial charge is 0.405 e. The van der Waals surface area contributed by atoms with Crippen molar-refractivity contribution in [3.63, 3.8) is 0 Å². The highest BCUT2D eigenvalue weighted by molar-refractivity contribution is 6.29. The Kier molecular flexibility index (Phi) is 3.94. The van der Waals surface area contributed by atoms with Crippen LogP contribution in [0.1, 0.15) is 5.69 Å². The first kappa shape index (κ1) is 17.2. The van der Waals surface area contributed by atoms with Crippen molar-refractivity contribution in [2.45, 2.75) is 11.6 Å². The number of rotatable bonds is 3. The molecule has 0 aliphatic carbocycles. The maximum atomic E-state index is 14.3. The quantitative estimate of drug-likeness (QED) is 0.656. The number of carbonyl (C=O) groups excluding carboxylic acids is 1. The molecule has 1 atom stereocenters. The monoisotopic (exact) mass is 372 g/mol. The maximum absolute atomic E-state index is 14.3. The number of carbonyl (C=O) groups is 1. The average Bonchev–Trinajstić information content (AvgIpc) is 3.09. The van der Waals surface area contributed by atoms with Gasteiger partial charge in [-0.1, -0.05) is 11.6 Å². The molecule has 11 heteroatoms. The van der Waals surface area contributed by atoms with Crippen molar-refractivity contribution in [1.29, 1.82) is 0 Å². The number of alkyl halides is 3. The van der Waals surface area contributed by atoms with E-state index in [0.29, 0.717) is 6.41 Å². The Bertz CT molecular complexity index is 906. The van der Waals surface area contributed by atoms with Gasteiger partial charge in [0.15, 0.2) is 16.2 Å². The summed E-state index contributed by atoms with van der Waals surface area (Å²) in [5.74, 6) is 0. The number of anilines is 1. The lowest BCUT2D eigenvalue weighted by Crippen LogP contribution is -2.49. The van der Waals surface area contributed by atoms with Crippen LogP contribution in [0.4, 0.5) is 18.9 Å². The molecule has 2 aromatic rings. The second-order valence-electron chi connectivity index (χ2n) is 5.37. The molecule has 2 N–H and O–H groups in total. The first-order valence-electron chi connectivity index (χ1n) is 6.98. The van der Waals surface area contributed by atoms with E-state index in [1.54, 1.807) is 0 Å². The molecule has 0 saturated heterocycles. The number of hydrogen-bond acceptors (Lipinski definition) is 5. The second-order valence-corrected chi connectivity index (χ2v) is 5.76. The molecular weight excluding hydrogens is 361 g/mol. The van der Waals surface area contributed by atoms with Gasteiger partial charge in [-0.05, 0) is 6.20 Å². The van der Waals surface area contributed by atoms with Gasteiger partial charge in [0, 0.05) is 24.9 Å². The number of halogens is 4. The molecule has 7 nitrogen and oxygen atoms in total. The predicted octanol–water partition coefficient (Wildman–Crippen LogP) is 1.70. The topological polar surface area (TPSA) is 88.9 Å². The van der Waals surface area contributed by atoms with Crippen molar-refractivity contribution >= 4 is 35.6 Å². The van der Waals surface area contributed by atoms with Crippen LogP contribution in [0.3, 0.4) is 0 Å². The summed E-state index contributed by atoms with van der Waals surface area (Å²) in [5.41, 5.74) is 2.36. The predicted molar refractivity (Wildman–Crippen MR) is 85.8 cm³/mol. The van der Waals surface area contributed by atoms with E-state index >= 15 is 0 Å². The minimum Gasteiger partial charge on any atom is -0.404 e. The third-order valence-corrected chi connectivity index (χ3v) is 4.29. The highest BCUT2D eigenvalue weighted by atomic mass is 35.5. The second kappa shape index (κ2) is 5.73. The van der Waals surface area contributed by atoms with Gasteiger partial charge in [0.2, 0.25) is 6.41 Å². The summed E-state index contributed by atoms with van der Waals surface area (Å²) in [6.45, 7) is -0.706. The van der Waals surface area contributed by atoms with Crippen LogP contribution in [0.15, 0.2) is 29.0 Å². The van der Waals surface area contributed by atoms with Crippen LogP contribution < -0.4 is 10.6 Å². The molecule has 1 unspecified atom stereocenters. The average molecular weight is 373 g/mol. The summed E-state index contributed by atoms with van der Waals surface area (Å²) >= 11 is 5.84. The van der Waals surface area contributed by atoms with E-state index in [9.17, 15) is 18.0 Å². The van der Waals surface area contributed by atoms with Crippen LogP contribution >= 0.6 is 11.6 Å². The SMILES string of the molecule is CN=C/C(=C\N)C1(C(F)(F)F)CN(C=O)c2cnc3cc(Cl)nn3c21. The van der Waals surface area contributed by atoms with E-state index in [2.05, 4.69) is 15.1 Å². The van der Waals surface area contributed by atoms with Crippen molar-refractivity contribution in [3.05, 3.63) is 34.9 Å². The number of aliphatic imine (C=N–C) groups is 1. The number of nitrogens with zero attached hydrogens (tertiary/aromatic N) is 5. The first-order valence-corrected chi connectivity index (χ1v) is 7.36. The lowest BCUT2D eigenvalue weighted by molar-refractivity contribution is -0.174. The molecule has 132 valence electrons. The minimum atomic E-state index is -4.79. The third-order valence-electron chi connectivity index (χ3n) is 4.11. The van der Waals surface area contributed by atoms with E-state index in [-0.39, 0.29) is 27.8 Å².